The summed E-state index contributed by atoms with van der Waals surface area (Å²) < 4.78 is 37.9. The Balaban J connectivity index is 2.54. The predicted molar refractivity (Wildman–Crippen MR) is 64.0 cm³/mol. The van der Waals surface area contributed by atoms with Crippen LogP contribution < -0.4 is 0 Å². The Bertz CT molecular complexity index is 613. The molecule has 0 radical (unpaired) electrons. The van der Waals surface area contributed by atoms with Crippen LogP contribution in [-0.2, 0) is 12.6 Å². The molecule has 0 atom stereocenters. The number of hydrogen-bond acceptors (Lipinski definition) is 2. The number of pyridine rings is 1. The van der Waals surface area contributed by atoms with Gasteiger partial charge >= 0.3 is 6.18 Å². The third-order valence-corrected chi connectivity index (χ3v) is 2.61. The lowest BCUT2D eigenvalue weighted by atomic mass is 10.0. The van der Waals surface area contributed by atoms with Gasteiger partial charge in [0.05, 0.1) is 23.7 Å². The second kappa shape index (κ2) is 5.11. The predicted octanol–water partition coefficient (Wildman–Crippen LogP) is 3.83. The molecule has 0 spiro atoms. The normalized spacial score (nSPS) is 11.1. The van der Waals surface area contributed by atoms with Crippen LogP contribution in [0.1, 0.15) is 11.1 Å². The number of hydrogen-bond donors (Lipinski definition) is 0. The van der Waals surface area contributed by atoms with Crippen molar-refractivity contribution in [1.29, 1.82) is 5.26 Å². The largest absolute Gasteiger partial charge is 0.417 e. The number of nitrogens with zero attached hydrogens (tertiary/aromatic N) is 2. The van der Waals surface area contributed by atoms with Crippen LogP contribution in [-0.4, -0.2) is 4.98 Å². The zero-order valence-corrected chi connectivity index (χ0v) is 9.78. The molecule has 96 valence electrons. The first kappa shape index (κ1) is 13.1. The van der Waals surface area contributed by atoms with Crippen molar-refractivity contribution in [2.24, 2.45) is 0 Å². The molecule has 0 bridgehead atoms. The number of benzene rings is 1. The van der Waals surface area contributed by atoms with Crippen LogP contribution in [0.3, 0.4) is 0 Å². The smallest absolute Gasteiger partial charge is 0.255 e. The van der Waals surface area contributed by atoms with Crippen LogP contribution in [0.4, 0.5) is 13.2 Å². The summed E-state index contributed by atoms with van der Waals surface area (Å²) in [6, 6.07) is 11.7. The molecule has 0 aliphatic heterocycles. The number of rotatable bonds is 2. The van der Waals surface area contributed by atoms with Gasteiger partial charge in [-0.05, 0) is 11.6 Å². The molecule has 5 heteroatoms. The molecule has 1 aromatic carbocycles. The van der Waals surface area contributed by atoms with Crippen LogP contribution in [0.2, 0.25) is 0 Å². The lowest BCUT2D eigenvalue weighted by Crippen LogP contribution is -2.07. The molecule has 0 amide bonds. The SMILES string of the molecule is N#CCc1cc(C(F)(F)F)cnc1-c1ccccc1. The van der Waals surface area contributed by atoms with E-state index in [2.05, 4.69) is 4.98 Å². The monoisotopic (exact) mass is 262 g/mol. The molecule has 0 fully saturated rings. The molecular formula is C14H9F3N2. The van der Waals surface area contributed by atoms with Crippen molar-refractivity contribution in [2.45, 2.75) is 12.6 Å². The van der Waals surface area contributed by atoms with Gasteiger partial charge in [0.1, 0.15) is 0 Å². The summed E-state index contributed by atoms with van der Waals surface area (Å²) in [6.07, 6.45) is -3.77. The van der Waals surface area contributed by atoms with Gasteiger partial charge in [-0.25, -0.2) is 0 Å². The Hall–Kier alpha value is -2.35. The first-order valence-corrected chi connectivity index (χ1v) is 5.51. The molecule has 0 saturated heterocycles. The first-order valence-electron chi connectivity index (χ1n) is 5.51. The Morgan fingerprint density at radius 1 is 1.16 bits per heavy atom. The maximum atomic E-state index is 12.6. The van der Waals surface area contributed by atoms with Crippen LogP contribution in [0.15, 0.2) is 42.6 Å². The second-order valence-corrected chi connectivity index (χ2v) is 3.93. The van der Waals surface area contributed by atoms with Crippen molar-refractivity contribution in [3.8, 4) is 17.3 Å². The van der Waals surface area contributed by atoms with Gasteiger partial charge in [0.2, 0.25) is 0 Å². The Kier molecular flexibility index (Phi) is 3.52. The summed E-state index contributed by atoms with van der Waals surface area (Å²) in [5.74, 6) is 0. The molecule has 1 aromatic heterocycles. The van der Waals surface area contributed by atoms with Crippen molar-refractivity contribution in [1.82, 2.24) is 4.98 Å². The fourth-order valence-electron chi connectivity index (χ4n) is 1.74. The zero-order valence-electron chi connectivity index (χ0n) is 9.78. The van der Waals surface area contributed by atoms with Crippen molar-refractivity contribution in [3.63, 3.8) is 0 Å². The van der Waals surface area contributed by atoms with Crippen molar-refractivity contribution < 1.29 is 13.2 Å². The molecule has 0 N–H and O–H groups in total. The van der Waals surface area contributed by atoms with Gasteiger partial charge in [-0.2, -0.15) is 18.4 Å². The molecule has 0 aliphatic carbocycles. The summed E-state index contributed by atoms with van der Waals surface area (Å²) in [5, 5.41) is 8.73. The zero-order chi connectivity index (χ0) is 13.9. The highest BCUT2D eigenvalue weighted by Crippen LogP contribution is 2.32. The standard InChI is InChI=1S/C14H9F3N2/c15-14(16,17)12-8-11(6-7-18)13(19-9-12)10-4-2-1-3-5-10/h1-5,8-9H,6H2. The van der Waals surface area contributed by atoms with E-state index in [9.17, 15) is 13.2 Å². The van der Waals surface area contributed by atoms with Gasteiger partial charge in [-0.3, -0.25) is 4.98 Å². The maximum Gasteiger partial charge on any atom is 0.417 e. The lowest BCUT2D eigenvalue weighted by molar-refractivity contribution is -0.137. The van der Waals surface area contributed by atoms with E-state index in [1.807, 2.05) is 6.07 Å². The number of nitriles is 1. The van der Waals surface area contributed by atoms with Crippen LogP contribution in [0.5, 0.6) is 0 Å². The molecule has 0 unspecified atom stereocenters. The van der Waals surface area contributed by atoms with Crippen LogP contribution in [0, 0.1) is 11.3 Å². The minimum Gasteiger partial charge on any atom is -0.255 e. The Morgan fingerprint density at radius 3 is 2.42 bits per heavy atom. The quantitative estimate of drug-likeness (QED) is 0.824. The van der Waals surface area contributed by atoms with E-state index in [-0.39, 0.29) is 12.0 Å². The topological polar surface area (TPSA) is 36.7 Å². The summed E-state index contributed by atoms with van der Waals surface area (Å²) in [6.45, 7) is 0. The van der Waals surface area contributed by atoms with E-state index in [1.165, 1.54) is 0 Å². The molecule has 19 heavy (non-hydrogen) atoms. The van der Waals surface area contributed by atoms with Crippen molar-refractivity contribution >= 4 is 0 Å². The third-order valence-electron chi connectivity index (χ3n) is 2.61. The van der Waals surface area contributed by atoms with E-state index < -0.39 is 11.7 Å². The highest BCUT2D eigenvalue weighted by molar-refractivity contribution is 5.63. The van der Waals surface area contributed by atoms with Gasteiger partial charge < -0.3 is 0 Å². The molecule has 0 aliphatic rings. The van der Waals surface area contributed by atoms with Crippen molar-refractivity contribution in [3.05, 3.63) is 53.7 Å². The lowest BCUT2D eigenvalue weighted by Gasteiger charge is -2.11. The molecule has 0 saturated carbocycles. The van der Waals surface area contributed by atoms with Gasteiger partial charge in [0, 0.05) is 11.8 Å². The molecular weight excluding hydrogens is 253 g/mol. The van der Waals surface area contributed by atoms with E-state index in [0.717, 1.165) is 12.3 Å². The molecule has 1 heterocycles. The van der Waals surface area contributed by atoms with Gasteiger partial charge in [0.25, 0.3) is 0 Å². The van der Waals surface area contributed by atoms with Crippen LogP contribution in [0.25, 0.3) is 11.3 Å². The van der Waals surface area contributed by atoms with Gasteiger partial charge in [-0.1, -0.05) is 30.3 Å². The van der Waals surface area contributed by atoms with E-state index >= 15 is 0 Å². The Labute approximate surface area is 108 Å². The summed E-state index contributed by atoms with van der Waals surface area (Å²) in [4.78, 5) is 3.86. The molecule has 2 aromatic rings. The van der Waals surface area contributed by atoms with E-state index in [0.29, 0.717) is 11.3 Å². The summed E-state index contributed by atoms with van der Waals surface area (Å²) in [7, 11) is 0. The Morgan fingerprint density at radius 2 is 1.84 bits per heavy atom. The van der Waals surface area contributed by atoms with Crippen LogP contribution >= 0.6 is 0 Å². The van der Waals surface area contributed by atoms with Gasteiger partial charge in [0.15, 0.2) is 0 Å². The summed E-state index contributed by atoms with van der Waals surface area (Å²) in [5.41, 5.74) is 0.553. The maximum absolute atomic E-state index is 12.6. The first-order chi connectivity index (χ1) is 9.02. The average molecular weight is 262 g/mol. The molecule has 2 rings (SSSR count). The fraction of sp³-hybridized carbons (Fsp3) is 0.143. The fourth-order valence-corrected chi connectivity index (χ4v) is 1.74. The highest BCUT2D eigenvalue weighted by Gasteiger charge is 2.31. The minimum absolute atomic E-state index is 0.110. The number of alkyl halides is 3. The number of halogens is 3. The average Bonchev–Trinajstić information content (AvgIpc) is 2.39. The van der Waals surface area contributed by atoms with Crippen molar-refractivity contribution in [2.75, 3.05) is 0 Å². The highest BCUT2D eigenvalue weighted by atomic mass is 19.4. The van der Waals surface area contributed by atoms with E-state index in [1.54, 1.807) is 30.3 Å². The second-order valence-electron chi connectivity index (χ2n) is 3.93. The summed E-state index contributed by atoms with van der Waals surface area (Å²) >= 11 is 0. The van der Waals surface area contributed by atoms with E-state index in [4.69, 9.17) is 5.26 Å². The third kappa shape index (κ3) is 2.91. The minimum atomic E-state index is -4.45. The molecule has 2 nitrogen and oxygen atoms in total. The van der Waals surface area contributed by atoms with Gasteiger partial charge in [-0.15, -0.1) is 0 Å². The number of aromatic nitrogens is 1.